The van der Waals surface area contributed by atoms with Gasteiger partial charge in [-0.25, -0.2) is 19.9 Å². The summed E-state index contributed by atoms with van der Waals surface area (Å²) in [4.78, 5) is 20.0. The number of pyridine rings is 1. The molecule has 0 aliphatic rings. The molecule has 4 heteroatoms. The summed E-state index contributed by atoms with van der Waals surface area (Å²) < 4.78 is 0. The van der Waals surface area contributed by atoms with Gasteiger partial charge in [-0.1, -0.05) is 176 Å². The molecule has 0 bridgehead atoms. The number of aromatic nitrogens is 4. The van der Waals surface area contributed by atoms with E-state index in [0.717, 1.165) is 55.5 Å². The molecule has 0 saturated carbocycles. The lowest BCUT2D eigenvalue weighted by Gasteiger charge is -2.15. The van der Waals surface area contributed by atoms with Gasteiger partial charge in [0.25, 0.3) is 0 Å². The number of hydrogen-bond acceptors (Lipinski definition) is 4. The Bertz CT molecular complexity index is 2900. The molecule has 0 aliphatic heterocycles. The van der Waals surface area contributed by atoms with Gasteiger partial charge in [-0.05, 0) is 62.0 Å². The highest BCUT2D eigenvalue weighted by molar-refractivity contribution is 6.15. The molecule has 0 amide bonds. The van der Waals surface area contributed by atoms with Crippen LogP contribution < -0.4 is 0 Å². The summed E-state index contributed by atoms with van der Waals surface area (Å²) in [5.74, 6) is 1.94. The van der Waals surface area contributed by atoms with Gasteiger partial charge in [0.15, 0.2) is 17.5 Å². The standard InChI is InChI=1S/C50H32N4/c1-4-13-35(14-5-1)44-32-46(42-22-12-20-34-15-10-11-21-41(34)42)51-45-30-29-36-25-28-40(31-43(36)47(44)45)33-23-26-39(27-24-33)50-53-48(37-16-6-2-7-17-37)52-49(54-50)38-18-8-3-9-19-38/h1-32H. The molecule has 10 aromatic rings. The van der Waals surface area contributed by atoms with E-state index in [-0.39, 0.29) is 0 Å². The third-order valence-electron chi connectivity index (χ3n) is 10.1. The fraction of sp³-hybridized carbons (Fsp3) is 0. The van der Waals surface area contributed by atoms with E-state index in [1.807, 2.05) is 60.7 Å². The fourth-order valence-electron chi connectivity index (χ4n) is 7.42. The Labute approximate surface area is 313 Å². The number of benzene rings is 8. The van der Waals surface area contributed by atoms with Gasteiger partial charge in [0, 0.05) is 27.6 Å². The van der Waals surface area contributed by atoms with E-state index in [2.05, 4.69) is 133 Å². The highest BCUT2D eigenvalue weighted by atomic mass is 15.0. The molecule has 8 aromatic carbocycles. The summed E-state index contributed by atoms with van der Waals surface area (Å²) in [6, 6.07) is 67.7. The fourth-order valence-corrected chi connectivity index (χ4v) is 7.42. The van der Waals surface area contributed by atoms with E-state index >= 15 is 0 Å². The number of nitrogens with zero attached hydrogens (tertiary/aromatic N) is 4. The summed E-state index contributed by atoms with van der Waals surface area (Å²) >= 11 is 0. The second kappa shape index (κ2) is 13.4. The largest absolute Gasteiger partial charge is 0.248 e. The molecule has 54 heavy (non-hydrogen) atoms. The molecule has 0 fully saturated rings. The lowest BCUT2D eigenvalue weighted by molar-refractivity contribution is 1.07. The van der Waals surface area contributed by atoms with Gasteiger partial charge in [0.1, 0.15) is 0 Å². The minimum absolute atomic E-state index is 0.638. The van der Waals surface area contributed by atoms with Gasteiger partial charge >= 0.3 is 0 Å². The van der Waals surface area contributed by atoms with Gasteiger partial charge in [-0.3, -0.25) is 0 Å². The first-order chi connectivity index (χ1) is 26.7. The van der Waals surface area contributed by atoms with Crippen LogP contribution in [0.4, 0.5) is 0 Å². The van der Waals surface area contributed by atoms with Crippen LogP contribution in [0.5, 0.6) is 0 Å². The van der Waals surface area contributed by atoms with Crippen molar-refractivity contribution < 1.29 is 0 Å². The van der Waals surface area contributed by atoms with Crippen molar-refractivity contribution >= 4 is 32.4 Å². The Morgan fingerprint density at radius 1 is 0.278 bits per heavy atom. The number of fused-ring (bicyclic) bond motifs is 4. The second-order valence-electron chi connectivity index (χ2n) is 13.5. The Hall–Kier alpha value is -7.30. The zero-order valence-electron chi connectivity index (χ0n) is 29.3. The van der Waals surface area contributed by atoms with Crippen molar-refractivity contribution in [2.24, 2.45) is 0 Å². The SMILES string of the molecule is c1ccc(-c2nc(-c3ccccc3)nc(-c3ccc(-c4ccc5ccc6nc(-c7cccc8ccccc78)cc(-c7ccccc7)c6c5c4)cc3)n2)cc1. The molecule has 0 atom stereocenters. The van der Waals surface area contributed by atoms with Crippen molar-refractivity contribution in [2.75, 3.05) is 0 Å². The topological polar surface area (TPSA) is 51.6 Å². The first-order valence-electron chi connectivity index (χ1n) is 18.1. The summed E-state index contributed by atoms with van der Waals surface area (Å²) in [5, 5.41) is 5.89. The zero-order valence-corrected chi connectivity index (χ0v) is 29.3. The van der Waals surface area contributed by atoms with E-state index in [0.29, 0.717) is 17.5 Å². The molecule has 4 nitrogen and oxygen atoms in total. The van der Waals surface area contributed by atoms with Crippen LogP contribution in [0.2, 0.25) is 0 Å². The Kier molecular flexibility index (Phi) is 7.77. The summed E-state index contributed by atoms with van der Waals surface area (Å²) in [5.41, 5.74) is 10.5. The molecule has 0 radical (unpaired) electrons. The van der Waals surface area contributed by atoms with Crippen molar-refractivity contribution in [3.8, 4) is 67.7 Å². The predicted molar refractivity (Wildman–Crippen MR) is 223 cm³/mol. The molecule has 0 unspecified atom stereocenters. The maximum Gasteiger partial charge on any atom is 0.164 e. The monoisotopic (exact) mass is 688 g/mol. The summed E-state index contributed by atoms with van der Waals surface area (Å²) in [6.07, 6.45) is 0. The molecular weight excluding hydrogens is 657 g/mol. The van der Waals surface area contributed by atoms with Crippen LogP contribution >= 0.6 is 0 Å². The lowest BCUT2D eigenvalue weighted by atomic mass is 9.92. The second-order valence-corrected chi connectivity index (χ2v) is 13.5. The third-order valence-corrected chi connectivity index (χ3v) is 10.1. The van der Waals surface area contributed by atoms with Crippen LogP contribution in [0.15, 0.2) is 194 Å². The van der Waals surface area contributed by atoms with Crippen LogP contribution in [-0.4, -0.2) is 19.9 Å². The van der Waals surface area contributed by atoms with Gasteiger partial charge in [0.05, 0.1) is 11.2 Å². The number of hydrogen-bond donors (Lipinski definition) is 0. The highest BCUT2D eigenvalue weighted by Gasteiger charge is 2.16. The molecule has 0 N–H and O–H groups in total. The predicted octanol–water partition coefficient (Wildman–Crippen LogP) is 12.7. The van der Waals surface area contributed by atoms with E-state index in [4.69, 9.17) is 19.9 Å². The average molecular weight is 689 g/mol. The van der Waals surface area contributed by atoms with Crippen LogP contribution in [-0.2, 0) is 0 Å². The molecule has 10 rings (SSSR count). The van der Waals surface area contributed by atoms with Crippen LogP contribution in [0.25, 0.3) is 100 Å². The molecule has 0 spiro atoms. The van der Waals surface area contributed by atoms with Crippen molar-refractivity contribution in [1.82, 2.24) is 19.9 Å². The molecule has 252 valence electrons. The van der Waals surface area contributed by atoms with E-state index in [9.17, 15) is 0 Å². The summed E-state index contributed by atoms with van der Waals surface area (Å²) in [6.45, 7) is 0. The quantitative estimate of drug-likeness (QED) is 0.163. The van der Waals surface area contributed by atoms with Gasteiger partial charge in [-0.2, -0.15) is 0 Å². The Morgan fingerprint density at radius 2 is 0.778 bits per heavy atom. The van der Waals surface area contributed by atoms with E-state index in [1.165, 1.54) is 27.1 Å². The van der Waals surface area contributed by atoms with Crippen molar-refractivity contribution in [3.63, 3.8) is 0 Å². The Balaban J connectivity index is 1.09. The van der Waals surface area contributed by atoms with Crippen LogP contribution in [0, 0.1) is 0 Å². The van der Waals surface area contributed by atoms with E-state index < -0.39 is 0 Å². The Morgan fingerprint density at radius 3 is 1.44 bits per heavy atom. The minimum atomic E-state index is 0.638. The van der Waals surface area contributed by atoms with E-state index in [1.54, 1.807) is 0 Å². The van der Waals surface area contributed by atoms with Crippen molar-refractivity contribution in [1.29, 1.82) is 0 Å². The third kappa shape index (κ3) is 5.76. The highest BCUT2D eigenvalue weighted by Crippen LogP contribution is 2.39. The molecule has 0 saturated heterocycles. The molecule has 0 aliphatic carbocycles. The maximum absolute atomic E-state index is 5.32. The van der Waals surface area contributed by atoms with Crippen molar-refractivity contribution in [3.05, 3.63) is 194 Å². The van der Waals surface area contributed by atoms with Gasteiger partial charge < -0.3 is 0 Å². The van der Waals surface area contributed by atoms with Gasteiger partial charge in [-0.15, -0.1) is 0 Å². The molecular formula is C50H32N4. The first-order valence-corrected chi connectivity index (χ1v) is 18.1. The number of rotatable bonds is 6. The average Bonchev–Trinajstić information content (AvgIpc) is 3.26. The molecule has 2 heterocycles. The minimum Gasteiger partial charge on any atom is -0.248 e. The van der Waals surface area contributed by atoms with Crippen LogP contribution in [0.3, 0.4) is 0 Å². The molecule has 2 aromatic heterocycles. The van der Waals surface area contributed by atoms with Gasteiger partial charge in [0.2, 0.25) is 0 Å². The maximum atomic E-state index is 5.32. The van der Waals surface area contributed by atoms with Crippen LogP contribution in [0.1, 0.15) is 0 Å². The lowest BCUT2D eigenvalue weighted by Crippen LogP contribution is -2.00. The summed E-state index contributed by atoms with van der Waals surface area (Å²) in [7, 11) is 0. The first kappa shape index (κ1) is 31.4. The normalized spacial score (nSPS) is 11.3. The zero-order chi connectivity index (χ0) is 35.8. The van der Waals surface area contributed by atoms with Crippen molar-refractivity contribution in [2.45, 2.75) is 0 Å². The smallest absolute Gasteiger partial charge is 0.164 e.